The van der Waals surface area contributed by atoms with E-state index in [1.807, 2.05) is 10.6 Å². The SMILES string of the molecule is NC(=O)CC(NC(=O)CC(O)C(N)CCCCNC(=O)c1ccc(S(=O)(=O)O)c(O)c1O)C(=O)NC(C(=O)NC1CCCCNC(=O)CNC(=O)C(C(O)C(=O)O)NC(=O)C(CCCN=C(N)N)NC1=O)C(O)C(=O)O. The Bertz CT molecular complexity index is 2460. The average Bonchev–Trinajstić information content (AvgIpc) is 3.32. The number of aliphatic imine (C=N–C) groups is 1. The van der Waals surface area contributed by atoms with E-state index in [0.29, 0.717) is 6.07 Å². The number of aliphatic hydroxyl groups excluding tert-OH is 3. The van der Waals surface area contributed by atoms with Crippen molar-refractivity contribution in [2.75, 3.05) is 26.2 Å². The topological polar surface area (TPSA) is 596 Å². The number of aliphatic hydroxyl groups is 3. The van der Waals surface area contributed by atoms with Crippen LogP contribution < -0.4 is 65.5 Å². The fraction of sp³-hybridized carbons (Fsp3) is 0.561. The molecule has 9 unspecified atom stereocenters. The highest BCUT2D eigenvalue weighted by Crippen LogP contribution is 2.35. The van der Waals surface area contributed by atoms with Gasteiger partial charge in [0.15, 0.2) is 29.7 Å². The van der Waals surface area contributed by atoms with Gasteiger partial charge in [-0.15, -0.1) is 0 Å². The Morgan fingerprint density at radius 1 is 0.803 bits per heavy atom. The minimum Gasteiger partial charge on any atom is -0.504 e. The number of carboxylic acid groups (broad SMARTS) is 2. The third-order valence-electron chi connectivity index (χ3n) is 11.0. The molecule has 24 N–H and O–H groups in total. The summed E-state index contributed by atoms with van der Waals surface area (Å²) in [7, 11) is -4.93. The molecule has 1 saturated heterocycles. The molecule has 1 aromatic rings. The van der Waals surface area contributed by atoms with Crippen molar-refractivity contribution in [3.8, 4) is 11.5 Å². The molecule has 424 valence electrons. The third-order valence-corrected chi connectivity index (χ3v) is 11.9. The molecule has 0 aliphatic carbocycles. The number of aromatic hydroxyl groups is 2. The fourth-order valence-electron chi connectivity index (χ4n) is 6.94. The van der Waals surface area contributed by atoms with Crippen molar-refractivity contribution in [1.82, 2.24) is 42.5 Å². The Hall–Kier alpha value is -7.99. The van der Waals surface area contributed by atoms with Gasteiger partial charge in [-0.05, 0) is 57.1 Å². The Kier molecular flexibility index (Phi) is 25.6. The number of rotatable bonds is 25. The quantitative estimate of drug-likeness (QED) is 0.0142. The molecule has 0 aromatic heterocycles. The second-order valence-electron chi connectivity index (χ2n) is 16.9. The van der Waals surface area contributed by atoms with Gasteiger partial charge < -0.3 is 101 Å². The molecule has 1 aliphatic heterocycles. The van der Waals surface area contributed by atoms with E-state index in [4.69, 9.17) is 27.5 Å². The van der Waals surface area contributed by atoms with Crippen molar-refractivity contribution < 1.29 is 101 Å². The highest BCUT2D eigenvalue weighted by molar-refractivity contribution is 7.86. The number of phenols is 2. The van der Waals surface area contributed by atoms with Crippen molar-refractivity contribution >= 4 is 81.2 Å². The number of amides is 9. The standard InChI is InChI=1S/C41H63N13O21S/c42-18(6-1-3-12-47-33(63)17-9-10-23(76(73,74)75)30(60)29(17)59)22(55)15-25(57)50-21(14-24(43)56)36(66)54-28(32(62)40(71)72)38(68)52-19-7-2-4-11-46-26(58)16-49-37(67)27(31(61)39(69)70)53-35(65)20(51-34(19)64)8-5-13-48-41(44)45/h9-10,18-22,27-28,31-32,55,59-62H,1-8,11-16,42H2,(H2,43,56)(H,46,58)(H,47,63)(H,49,67)(H,50,57)(H,51,64)(H,52,68)(H,53,65)(H,54,66)(H,69,70)(H,71,72)(H4,44,45,48)(H,73,74,75). The molecule has 35 heteroatoms. The molecule has 9 amide bonds. The molecule has 1 fully saturated rings. The highest BCUT2D eigenvalue weighted by atomic mass is 32.2. The Morgan fingerprint density at radius 3 is 2.08 bits per heavy atom. The molecule has 1 heterocycles. The summed E-state index contributed by atoms with van der Waals surface area (Å²) in [4.78, 5) is 144. The van der Waals surface area contributed by atoms with Gasteiger partial charge in [0.2, 0.25) is 47.3 Å². The van der Waals surface area contributed by atoms with Crippen LogP contribution in [0.2, 0.25) is 0 Å². The lowest BCUT2D eigenvalue weighted by Crippen LogP contribution is -2.63. The van der Waals surface area contributed by atoms with Gasteiger partial charge in [-0.25, -0.2) is 9.59 Å². The molecule has 1 aromatic carbocycles. The summed E-state index contributed by atoms with van der Waals surface area (Å²) < 4.78 is 31.8. The summed E-state index contributed by atoms with van der Waals surface area (Å²) >= 11 is 0. The van der Waals surface area contributed by atoms with Gasteiger partial charge in [-0.2, -0.15) is 8.42 Å². The van der Waals surface area contributed by atoms with Gasteiger partial charge in [-0.1, -0.05) is 6.42 Å². The van der Waals surface area contributed by atoms with Crippen LogP contribution in [0, 0.1) is 0 Å². The first-order valence-electron chi connectivity index (χ1n) is 22.9. The zero-order valence-corrected chi connectivity index (χ0v) is 41.1. The molecule has 0 spiro atoms. The zero-order chi connectivity index (χ0) is 57.6. The number of benzene rings is 1. The van der Waals surface area contributed by atoms with E-state index in [2.05, 4.69) is 36.9 Å². The number of carboxylic acids is 2. The molecule has 34 nitrogen and oxygen atoms in total. The number of nitrogens with one attached hydrogen (secondary N) is 8. The van der Waals surface area contributed by atoms with E-state index in [0.717, 1.165) is 6.07 Å². The smallest absolute Gasteiger partial charge is 0.335 e. The van der Waals surface area contributed by atoms with Crippen LogP contribution in [0.4, 0.5) is 0 Å². The van der Waals surface area contributed by atoms with Crippen molar-refractivity contribution in [3.05, 3.63) is 17.7 Å². The van der Waals surface area contributed by atoms with Crippen molar-refractivity contribution in [3.63, 3.8) is 0 Å². The second-order valence-corrected chi connectivity index (χ2v) is 18.3. The minimum absolute atomic E-state index is 0.00740. The highest BCUT2D eigenvalue weighted by Gasteiger charge is 2.40. The predicted molar refractivity (Wildman–Crippen MR) is 255 cm³/mol. The molecule has 2 rings (SSSR count). The van der Waals surface area contributed by atoms with Gasteiger partial charge in [0.1, 0.15) is 35.1 Å². The van der Waals surface area contributed by atoms with Crippen molar-refractivity contribution in [2.24, 2.45) is 27.9 Å². The number of phenolic OH excluding ortho intramolecular Hbond substituents is 2. The van der Waals surface area contributed by atoms with Crippen LogP contribution in [-0.4, -0.2) is 201 Å². The fourth-order valence-corrected chi connectivity index (χ4v) is 7.52. The van der Waals surface area contributed by atoms with Crippen LogP contribution in [0.1, 0.15) is 74.6 Å². The first-order chi connectivity index (χ1) is 35.5. The van der Waals surface area contributed by atoms with Gasteiger partial charge >= 0.3 is 11.9 Å². The van der Waals surface area contributed by atoms with Crippen LogP contribution in [0.5, 0.6) is 11.5 Å². The van der Waals surface area contributed by atoms with Gasteiger partial charge in [0, 0.05) is 25.7 Å². The maximum Gasteiger partial charge on any atom is 0.335 e. The van der Waals surface area contributed by atoms with E-state index in [9.17, 15) is 96.9 Å². The maximum atomic E-state index is 13.9. The number of guanidine groups is 1. The lowest BCUT2D eigenvalue weighted by atomic mass is 10.0. The number of hydrogen-bond donors (Lipinski definition) is 20. The number of carbonyl (C=O) groups excluding carboxylic acids is 9. The van der Waals surface area contributed by atoms with E-state index in [1.54, 1.807) is 0 Å². The van der Waals surface area contributed by atoms with E-state index >= 15 is 0 Å². The molecular weight excluding hydrogens is 1040 g/mol. The average molecular weight is 1110 g/mol. The van der Waals surface area contributed by atoms with E-state index in [1.165, 1.54) is 0 Å². The Labute approximate surface area is 431 Å². The molecule has 76 heavy (non-hydrogen) atoms. The number of aliphatic carboxylic acids is 2. The first-order valence-corrected chi connectivity index (χ1v) is 24.4. The van der Waals surface area contributed by atoms with Crippen LogP contribution >= 0.6 is 0 Å². The number of nitrogens with two attached hydrogens (primary N) is 4. The third kappa shape index (κ3) is 21.1. The molecule has 0 saturated carbocycles. The summed E-state index contributed by atoms with van der Waals surface area (Å²) in [5, 5.41) is 88.0. The molecule has 1 aliphatic rings. The van der Waals surface area contributed by atoms with Crippen LogP contribution in [-0.2, 0) is 58.1 Å². The minimum atomic E-state index is -4.93. The lowest BCUT2D eigenvalue weighted by Gasteiger charge is -2.28. The van der Waals surface area contributed by atoms with Gasteiger partial charge in [0.05, 0.1) is 31.1 Å². The number of carbonyl (C=O) groups is 11. The van der Waals surface area contributed by atoms with Crippen molar-refractivity contribution in [1.29, 1.82) is 0 Å². The summed E-state index contributed by atoms with van der Waals surface area (Å²) in [6.07, 6.45) is -9.19. The largest absolute Gasteiger partial charge is 0.504 e. The van der Waals surface area contributed by atoms with Gasteiger partial charge in [0.25, 0.3) is 16.0 Å². The normalized spacial score (nSPS) is 19.2. The summed E-state index contributed by atoms with van der Waals surface area (Å²) in [5.41, 5.74) is 21.5. The monoisotopic (exact) mass is 1110 g/mol. The zero-order valence-electron chi connectivity index (χ0n) is 40.3. The second kappa shape index (κ2) is 30.4. The van der Waals surface area contributed by atoms with E-state index < -0.39 is 171 Å². The summed E-state index contributed by atoms with van der Waals surface area (Å²) in [6, 6.07) is -9.87. The summed E-state index contributed by atoms with van der Waals surface area (Å²) in [6.45, 7) is -1.07. The van der Waals surface area contributed by atoms with Crippen LogP contribution in [0.25, 0.3) is 0 Å². The van der Waals surface area contributed by atoms with Crippen molar-refractivity contribution in [2.45, 2.75) is 124 Å². The number of nitrogens with zero attached hydrogens (tertiary/aromatic N) is 1. The molecule has 9 atom stereocenters. The Morgan fingerprint density at radius 2 is 1.47 bits per heavy atom. The maximum absolute atomic E-state index is 13.9. The van der Waals surface area contributed by atoms with Gasteiger partial charge in [-0.3, -0.25) is 52.7 Å². The Balaban J connectivity index is 2.26. The number of primary amides is 1. The lowest BCUT2D eigenvalue weighted by molar-refractivity contribution is -0.153. The van der Waals surface area contributed by atoms with Crippen LogP contribution in [0.15, 0.2) is 22.0 Å². The number of unbranched alkanes of at least 4 members (excludes halogenated alkanes) is 1. The molecule has 0 bridgehead atoms. The summed E-state index contributed by atoms with van der Waals surface area (Å²) in [5.74, 6) is -17.8. The van der Waals surface area contributed by atoms with Crippen LogP contribution in [0.3, 0.4) is 0 Å². The molecular formula is C41H63N13O21S. The number of hydrogen-bond acceptors (Lipinski definition) is 20. The predicted octanol–water partition coefficient (Wildman–Crippen LogP) is -9.02. The van der Waals surface area contributed by atoms with E-state index in [-0.39, 0.29) is 77.0 Å². The first kappa shape index (κ1) is 64.1. The molecule has 0 radical (unpaired) electrons.